The van der Waals surface area contributed by atoms with Gasteiger partial charge in [-0.3, -0.25) is 4.79 Å². The zero-order chi connectivity index (χ0) is 23.8. The number of carbonyl (C=O) groups excluding carboxylic acids is 1. The highest BCUT2D eigenvalue weighted by Crippen LogP contribution is 2.29. The summed E-state index contributed by atoms with van der Waals surface area (Å²) >= 11 is 6.31. The minimum Gasteiger partial charge on any atom is -0.493 e. The van der Waals surface area contributed by atoms with Crippen LogP contribution in [0, 0.1) is 25.2 Å². The number of aromatic nitrogens is 1. The molecule has 0 bridgehead atoms. The Labute approximate surface area is 196 Å². The minimum atomic E-state index is -0.606. The van der Waals surface area contributed by atoms with E-state index in [1.54, 1.807) is 38.3 Å². The molecule has 2 aromatic carbocycles. The van der Waals surface area contributed by atoms with Crippen LogP contribution in [0.4, 0.5) is 5.82 Å². The van der Waals surface area contributed by atoms with Crippen molar-refractivity contribution in [3.8, 4) is 23.3 Å². The average molecular weight is 468 g/mol. The van der Waals surface area contributed by atoms with Crippen molar-refractivity contribution in [2.45, 2.75) is 13.8 Å². The van der Waals surface area contributed by atoms with E-state index in [9.17, 15) is 10.1 Å². The second kappa shape index (κ2) is 11.1. The molecule has 0 saturated heterocycles. The quantitative estimate of drug-likeness (QED) is 0.269. The van der Waals surface area contributed by atoms with Gasteiger partial charge in [0.05, 0.1) is 12.1 Å². The number of nitriles is 1. The van der Waals surface area contributed by atoms with Gasteiger partial charge < -0.3 is 24.1 Å². The van der Waals surface area contributed by atoms with Gasteiger partial charge in [-0.25, -0.2) is 0 Å². The Morgan fingerprint density at radius 1 is 1.12 bits per heavy atom. The lowest BCUT2D eigenvalue weighted by Crippen LogP contribution is -2.13. The monoisotopic (exact) mass is 467 g/mol. The Balaban J connectivity index is 1.58. The molecule has 33 heavy (non-hydrogen) atoms. The number of hydrogen-bond acceptors (Lipinski definition) is 7. The second-order valence-corrected chi connectivity index (χ2v) is 7.40. The molecule has 1 heterocycles. The Morgan fingerprint density at radius 2 is 1.85 bits per heavy atom. The van der Waals surface area contributed by atoms with Crippen LogP contribution in [0.15, 0.2) is 52.6 Å². The molecule has 0 saturated carbocycles. The maximum Gasteiger partial charge on any atom is 0.267 e. The zero-order valence-electron chi connectivity index (χ0n) is 18.3. The number of ether oxygens (including phenoxy) is 3. The number of nitrogens with zero attached hydrogens (tertiary/aromatic N) is 2. The molecule has 1 aromatic heterocycles. The maximum absolute atomic E-state index is 12.3. The first-order valence-electron chi connectivity index (χ1n) is 9.96. The molecule has 1 N–H and O–H groups in total. The lowest BCUT2D eigenvalue weighted by molar-refractivity contribution is -0.112. The van der Waals surface area contributed by atoms with Gasteiger partial charge in [0.1, 0.15) is 36.4 Å². The fourth-order valence-electron chi connectivity index (χ4n) is 2.85. The summed E-state index contributed by atoms with van der Waals surface area (Å²) in [5, 5.41) is 15.9. The molecule has 0 aliphatic heterocycles. The number of rotatable bonds is 9. The van der Waals surface area contributed by atoms with E-state index in [2.05, 4.69) is 10.5 Å². The van der Waals surface area contributed by atoms with Crippen LogP contribution in [-0.4, -0.2) is 31.4 Å². The zero-order valence-corrected chi connectivity index (χ0v) is 19.1. The molecule has 0 radical (unpaired) electrons. The van der Waals surface area contributed by atoms with Crippen molar-refractivity contribution in [3.63, 3.8) is 0 Å². The van der Waals surface area contributed by atoms with Crippen LogP contribution in [0.5, 0.6) is 17.2 Å². The van der Waals surface area contributed by atoms with Crippen LogP contribution in [0.3, 0.4) is 0 Å². The SMILES string of the molecule is COc1cc(C)ccc1OCCOc1ccc(/C=C(/C#N)C(=O)Nc2cc(C)on2)cc1Cl. The van der Waals surface area contributed by atoms with Gasteiger partial charge in [-0.2, -0.15) is 5.26 Å². The molecule has 3 rings (SSSR count). The molecular formula is C24H22ClN3O5. The third kappa shape index (κ3) is 6.51. The number of halogens is 1. The lowest BCUT2D eigenvalue weighted by Gasteiger charge is -2.12. The molecule has 0 spiro atoms. The fraction of sp³-hybridized carbons (Fsp3) is 0.208. The first-order chi connectivity index (χ1) is 15.9. The predicted octanol–water partition coefficient (Wildman–Crippen LogP) is 4.96. The first-order valence-corrected chi connectivity index (χ1v) is 10.3. The summed E-state index contributed by atoms with van der Waals surface area (Å²) in [6.45, 7) is 4.22. The Hall–Kier alpha value is -3.96. The van der Waals surface area contributed by atoms with Crippen molar-refractivity contribution >= 4 is 29.4 Å². The standard InChI is InChI=1S/C24H22ClN3O5/c1-15-4-6-21(22(10-15)30-3)32-9-8-31-20-7-5-17(13-19(20)25)12-18(14-26)24(29)27-23-11-16(2)33-28-23/h4-7,10-13H,8-9H2,1-3H3,(H,27,28,29)/b18-12-. The molecule has 170 valence electrons. The van der Waals surface area contributed by atoms with E-state index >= 15 is 0 Å². The molecular weight excluding hydrogens is 446 g/mol. The van der Waals surface area contributed by atoms with Gasteiger partial charge >= 0.3 is 0 Å². The highest BCUT2D eigenvalue weighted by atomic mass is 35.5. The summed E-state index contributed by atoms with van der Waals surface area (Å²) < 4.78 is 21.6. The predicted molar refractivity (Wildman–Crippen MR) is 124 cm³/mol. The first kappa shape index (κ1) is 23.7. The van der Waals surface area contributed by atoms with E-state index in [1.807, 2.05) is 31.2 Å². The number of nitrogens with one attached hydrogen (secondary N) is 1. The topological polar surface area (TPSA) is 107 Å². The van der Waals surface area contributed by atoms with E-state index in [0.29, 0.717) is 33.6 Å². The Bertz CT molecular complexity index is 1210. The summed E-state index contributed by atoms with van der Waals surface area (Å²) in [7, 11) is 1.59. The van der Waals surface area contributed by atoms with Crippen molar-refractivity contribution in [1.29, 1.82) is 5.26 Å². The van der Waals surface area contributed by atoms with Crippen LogP contribution in [0.1, 0.15) is 16.9 Å². The number of aryl methyl sites for hydroxylation is 2. The summed E-state index contributed by atoms with van der Waals surface area (Å²) in [5.74, 6) is 1.89. The molecule has 8 nitrogen and oxygen atoms in total. The van der Waals surface area contributed by atoms with Crippen molar-refractivity contribution in [3.05, 3.63) is 69.9 Å². The number of hydrogen-bond donors (Lipinski definition) is 1. The van der Waals surface area contributed by atoms with E-state index < -0.39 is 5.91 Å². The third-order valence-electron chi connectivity index (χ3n) is 4.42. The second-order valence-electron chi connectivity index (χ2n) is 6.99. The lowest BCUT2D eigenvalue weighted by atomic mass is 10.1. The van der Waals surface area contributed by atoms with Crippen LogP contribution >= 0.6 is 11.6 Å². The van der Waals surface area contributed by atoms with Crippen LogP contribution in [-0.2, 0) is 4.79 Å². The minimum absolute atomic E-state index is 0.110. The van der Waals surface area contributed by atoms with Crippen LogP contribution < -0.4 is 19.5 Å². The summed E-state index contributed by atoms with van der Waals surface area (Å²) in [6, 6.07) is 14.0. The van der Waals surface area contributed by atoms with Gasteiger partial charge in [-0.1, -0.05) is 28.9 Å². The highest BCUT2D eigenvalue weighted by molar-refractivity contribution is 6.32. The van der Waals surface area contributed by atoms with Gasteiger partial charge in [0.15, 0.2) is 17.3 Å². The summed E-state index contributed by atoms with van der Waals surface area (Å²) in [6.07, 6.45) is 1.42. The highest BCUT2D eigenvalue weighted by Gasteiger charge is 2.13. The number of carbonyl (C=O) groups is 1. The normalized spacial score (nSPS) is 10.9. The van der Waals surface area contributed by atoms with E-state index in [0.717, 1.165) is 5.56 Å². The molecule has 9 heteroatoms. The Morgan fingerprint density at radius 3 is 2.48 bits per heavy atom. The van der Waals surface area contributed by atoms with E-state index in [4.69, 9.17) is 30.3 Å². The van der Waals surface area contributed by atoms with Crippen molar-refractivity contribution in [2.24, 2.45) is 0 Å². The van der Waals surface area contributed by atoms with Gasteiger partial charge in [0.25, 0.3) is 5.91 Å². The van der Waals surface area contributed by atoms with Crippen LogP contribution in [0.25, 0.3) is 6.08 Å². The number of benzene rings is 2. The molecule has 0 atom stereocenters. The van der Waals surface area contributed by atoms with Crippen molar-refractivity contribution in [2.75, 3.05) is 25.6 Å². The van der Waals surface area contributed by atoms with E-state index in [-0.39, 0.29) is 24.6 Å². The number of anilines is 1. The smallest absolute Gasteiger partial charge is 0.267 e. The van der Waals surface area contributed by atoms with Gasteiger partial charge in [-0.05, 0) is 55.3 Å². The largest absolute Gasteiger partial charge is 0.493 e. The molecule has 0 aliphatic rings. The molecule has 3 aromatic rings. The van der Waals surface area contributed by atoms with E-state index in [1.165, 1.54) is 6.08 Å². The number of methoxy groups -OCH3 is 1. The summed E-state index contributed by atoms with van der Waals surface area (Å²) in [5.41, 5.74) is 1.53. The molecule has 0 unspecified atom stereocenters. The third-order valence-corrected chi connectivity index (χ3v) is 4.71. The van der Waals surface area contributed by atoms with Gasteiger partial charge in [-0.15, -0.1) is 0 Å². The number of amides is 1. The molecule has 0 fully saturated rings. The summed E-state index contributed by atoms with van der Waals surface area (Å²) in [4.78, 5) is 12.3. The maximum atomic E-state index is 12.3. The van der Waals surface area contributed by atoms with Gasteiger partial charge in [0.2, 0.25) is 0 Å². The average Bonchev–Trinajstić information content (AvgIpc) is 3.21. The van der Waals surface area contributed by atoms with Crippen LogP contribution in [0.2, 0.25) is 5.02 Å². The Kier molecular flexibility index (Phi) is 7.95. The fourth-order valence-corrected chi connectivity index (χ4v) is 3.09. The van der Waals surface area contributed by atoms with Gasteiger partial charge in [0, 0.05) is 6.07 Å². The molecule has 1 amide bonds. The van der Waals surface area contributed by atoms with Crippen molar-refractivity contribution in [1.82, 2.24) is 5.16 Å². The molecule has 0 aliphatic carbocycles. The van der Waals surface area contributed by atoms with Crippen molar-refractivity contribution < 1.29 is 23.5 Å².